The maximum Gasteiger partial charge on any atom is 0.306 e. The Labute approximate surface area is 375 Å². The third-order valence-electron chi connectivity index (χ3n) is 12.6. The molecule has 0 aliphatic carbocycles. The van der Waals surface area contributed by atoms with E-state index in [1.807, 2.05) is 0 Å². The molecule has 0 fully saturated rings. The van der Waals surface area contributed by atoms with Gasteiger partial charge in [-0.25, -0.2) is 0 Å². The molecular formula is C55H106O5. The van der Waals surface area contributed by atoms with Gasteiger partial charge in [0, 0.05) is 12.8 Å². The number of carbonyl (C=O) groups excluding carboxylic acids is 2. The second-order valence-corrected chi connectivity index (χ2v) is 18.7. The fourth-order valence-electron chi connectivity index (χ4n) is 8.44. The summed E-state index contributed by atoms with van der Waals surface area (Å²) in [6.07, 6.45) is 64.1. The molecule has 0 aliphatic rings. The standard InChI is InChI=1S/C55H106O5/c1-3-5-7-9-10-11-12-13-14-15-16-17-18-19-20-21-22-23-24-25-26-27-28-29-30-31-32-33-34-35-36-37-38-39-40-41-42-43-44-46-48-50-55(58)60-53(51-56)52-59-54(57)49-47-45-8-6-4-2/h15-16,53,56H,3-14,17-52H2,1-2H3/b16-15-. The summed E-state index contributed by atoms with van der Waals surface area (Å²) in [5.74, 6) is -0.590. The zero-order chi connectivity index (χ0) is 43.5. The number of aliphatic hydroxyl groups is 1. The van der Waals surface area contributed by atoms with E-state index < -0.39 is 6.10 Å². The highest BCUT2D eigenvalue weighted by atomic mass is 16.6. The second kappa shape index (κ2) is 52.0. The van der Waals surface area contributed by atoms with E-state index in [0.29, 0.717) is 12.8 Å². The predicted molar refractivity (Wildman–Crippen MR) is 261 cm³/mol. The van der Waals surface area contributed by atoms with Gasteiger partial charge in [0.05, 0.1) is 6.61 Å². The van der Waals surface area contributed by atoms with Crippen LogP contribution >= 0.6 is 0 Å². The molecule has 0 aromatic carbocycles. The summed E-state index contributed by atoms with van der Waals surface area (Å²) < 4.78 is 10.5. The number of hydrogen-bond acceptors (Lipinski definition) is 5. The van der Waals surface area contributed by atoms with Gasteiger partial charge in [-0.2, -0.15) is 0 Å². The molecule has 1 unspecified atom stereocenters. The Morgan fingerprint density at radius 2 is 0.617 bits per heavy atom. The minimum Gasteiger partial charge on any atom is -0.462 e. The molecule has 5 heteroatoms. The van der Waals surface area contributed by atoms with Gasteiger partial charge in [-0.15, -0.1) is 0 Å². The topological polar surface area (TPSA) is 72.8 Å². The monoisotopic (exact) mass is 847 g/mol. The molecule has 356 valence electrons. The molecule has 0 heterocycles. The molecule has 1 atom stereocenters. The maximum absolute atomic E-state index is 12.2. The summed E-state index contributed by atoms with van der Waals surface area (Å²) in [6, 6.07) is 0. The van der Waals surface area contributed by atoms with Crippen LogP contribution in [0.3, 0.4) is 0 Å². The van der Waals surface area contributed by atoms with Crippen LogP contribution in [0.25, 0.3) is 0 Å². The Hall–Kier alpha value is -1.36. The van der Waals surface area contributed by atoms with Crippen LogP contribution in [0.4, 0.5) is 0 Å². The number of rotatable bonds is 51. The number of allylic oxidation sites excluding steroid dienone is 2. The maximum atomic E-state index is 12.2. The minimum absolute atomic E-state index is 0.0605. The van der Waals surface area contributed by atoms with Crippen molar-refractivity contribution in [3.05, 3.63) is 12.2 Å². The molecule has 1 N–H and O–H groups in total. The average molecular weight is 847 g/mol. The van der Waals surface area contributed by atoms with Crippen LogP contribution < -0.4 is 0 Å². The fraction of sp³-hybridized carbons (Fsp3) is 0.927. The van der Waals surface area contributed by atoms with Gasteiger partial charge in [0.2, 0.25) is 0 Å². The molecule has 60 heavy (non-hydrogen) atoms. The summed E-state index contributed by atoms with van der Waals surface area (Å²) in [7, 11) is 0. The SMILES string of the molecule is CCCCCCCCCC/C=C\CCCCCCCCCCCCCCCCCCCCCCCCCCCCCCCC(=O)OC(CO)COC(=O)CCCCCCC. The first kappa shape index (κ1) is 58.6. The Bertz CT molecular complexity index is 871. The van der Waals surface area contributed by atoms with E-state index in [1.165, 1.54) is 244 Å². The van der Waals surface area contributed by atoms with Crippen molar-refractivity contribution in [3.8, 4) is 0 Å². The number of esters is 2. The third-order valence-corrected chi connectivity index (χ3v) is 12.6. The highest BCUT2D eigenvalue weighted by molar-refractivity contribution is 5.70. The normalized spacial score (nSPS) is 12.1. The summed E-state index contributed by atoms with van der Waals surface area (Å²) in [6.45, 7) is 4.08. The lowest BCUT2D eigenvalue weighted by molar-refractivity contribution is -0.161. The van der Waals surface area contributed by atoms with Gasteiger partial charge in [0.15, 0.2) is 6.10 Å². The van der Waals surface area contributed by atoms with Gasteiger partial charge >= 0.3 is 11.9 Å². The molecular weight excluding hydrogens is 741 g/mol. The molecule has 0 radical (unpaired) electrons. The predicted octanol–water partition coefficient (Wildman–Crippen LogP) is 18.0. The molecule has 0 aromatic rings. The van der Waals surface area contributed by atoms with Crippen molar-refractivity contribution in [3.63, 3.8) is 0 Å². The van der Waals surface area contributed by atoms with Crippen LogP contribution in [0.5, 0.6) is 0 Å². The van der Waals surface area contributed by atoms with E-state index in [2.05, 4.69) is 26.0 Å². The van der Waals surface area contributed by atoms with Gasteiger partial charge in [0.25, 0.3) is 0 Å². The minimum atomic E-state index is -0.761. The average Bonchev–Trinajstić information content (AvgIpc) is 3.25. The van der Waals surface area contributed by atoms with Crippen LogP contribution in [0.15, 0.2) is 12.2 Å². The molecule has 0 aromatic heterocycles. The van der Waals surface area contributed by atoms with Crippen molar-refractivity contribution < 1.29 is 24.2 Å². The van der Waals surface area contributed by atoms with E-state index in [9.17, 15) is 14.7 Å². The summed E-state index contributed by atoms with van der Waals surface area (Å²) >= 11 is 0. The Balaban J connectivity index is 3.26. The van der Waals surface area contributed by atoms with Crippen molar-refractivity contribution in [1.82, 2.24) is 0 Å². The smallest absolute Gasteiger partial charge is 0.306 e. The molecule has 0 amide bonds. The number of aliphatic hydroxyl groups excluding tert-OH is 1. The Morgan fingerprint density at radius 1 is 0.367 bits per heavy atom. The lowest BCUT2D eigenvalue weighted by Crippen LogP contribution is -2.28. The van der Waals surface area contributed by atoms with Gasteiger partial charge in [-0.3, -0.25) is 9.59 Å². The number of ether oxygens (including phenoxy) is 2. The quantitative estimate of drug-likeness (QED) is 0.0375. The Morgan fingerprint density at radius 3 is 0.900 bits per heavy atom. The molecule has 0 saturated heterocycles. The summed E-state index contributed by atoms with van der Waals surface area (Å²) in [5, 5.41) is 9.50. The molecule has 0 rings (SSSR count). The van der Waals surface area contributed by atoms with E-state index in [4.69, 9.17) is 9.47 Å². The van der Waals surface area contributed by atoms with Crippen molar-refractivity contribution in [2.24, 2.45) is 0 Å². The van der Waals surface area contributed by atoms with Gasteiger partial charge < -0.3 is 14.6 Å². The van der Waals surface area contributed by atoms with Crippen LogP contribution in [0.1, 0.15) is 309 Å². The van der Waals surface area contributed by atoms with Crippen molar-refractivity contribution >= 4 is 11.9 Å². The largest absolute Gasteiger partial charge is 0.462 e. The fourth-order valence-corrected chi connectivity index (χ4v) is 8.44. The first-order valence-electron chi connectivity index (χ1n) is 27.2. The lowest BCUT2D eigenvalue weighted by Gasteiger charge is -2.15. The van der Waals surface area contributed by atoms with Crippen molar-refractivity contribution in [1.29, 1.82) is 0 Å². The van der Waals surface area contributed by atoms with E-state index in [0.717, 1.165) is 38.5 Å². The zero-order valence-electron chi connectivity index (χ0n) is 40.8. The van der Waals surface area contributed by atoms with Gasteiger partial charge in [-0.05, 0) is 38.5 Å². The number of carbonyl (C=O) groups is 2. The second-order valence-electron chi connectivity index (χ2n) is 18.7. The van der Waals surface area contributed by atoms with Crippen LogP contribution in [-0.2, 0) is 19.1 Å². The third kappa shape index (κ3) is 49.3. The van der Waals surface area contributed by atoms with Crippen molar-refractivity contribution in [2.45, 2.75) is 315 Å². The van der Waals surface area contributed by atoms with E-state index in [-0.39, 0.29) is 25.2 Å². The highest BCUT2D eigenvalue weighted by Gasteiger charge is 2.16. The molecule has 0 aliphatic heterocycles. The first-order valence-corrected chi connectivity index (χ1v) is 27.2. The van der Waals surface area contributed by atoms with Crippen LogP contribution in [0.2, 0.25) is 0 Å². The van der Waals surface area contributed by atoms with Crippen LogP contribution in [0, 0.1) is 0 Å². The van der Waals surface area contributed by atoms with Gasteiger partial charge in [0.1, 0.15) is 6.61 Å². The zero-order valence-corrected chi connectivity index (χ0v) is 40.8. The van der Waals surface area contributed by atoms with Crippen LogP contribution in [-0.4, -0.2) is 36.4 Å². The molecule has 0 saturated carbocycles. The van der Waals surface area contributed by atoms with Crippen molar-refractivity contribution in [2.75, 3.05) is 13.2 Å². The molecule has 0 spiro atoms. The van der Waals surface area contributed by atoms with E-state index >= 15 is 0 Å². The molecule has 0 bridgehead atoms. The summed E-state index contributed by atoms with van der Waals surface area (Å²) in [4.78, 5) is 24.0. The number of hydrogen-bond donors (Lipinski definition) is 1. The lowest BCUT2D eigenvalue weighted by atomic mass is 10.0. The summed E-state index contributed by atoms with van der Waals surface area (Å²) in [5.41, 5.74) is 0. The van der Waals surface area contributed by atoms with E-state index in [1.54, 1.807) is 0 Å². The highest BCUT2D eigenvalue weighted by Crippen LogP contribution is 2.18. The van der Waals surface area contributed by atoms with Gasteiger partial charge in [-0.1, -0.05) is 270 Å². The number of unbranched alkanes of at least 4 members (excludes halogenated alkanes) is 41. The first-order chi connectivity index (χ1) is 29.6. The molecule has 5 nitrogen and oxygen atoms in total. The Kier molecular flexibility index (Phi) is 50.8.